The van der Waals surface area contributed by atoms with Crippen LogP contribution in [0.1, 0.15) is 39.3 Å². The normalized spacial score (nSPS) is 10.3. The number of methoxy groups -OCH3 is 1. The van der Waals surface area contributed by atoms with E-state index in [1.807, 2.05) is 18.2 Å². The quantitative estimate of drug-likeness (QED) is 0.641. The van der Waals surface area contributed by atoms with Crippen molar-refractivity contribution < 1.29 is 14.3 Å². The maximum atomic E-state index is 12.2. The van der Waals surface area contributed by atoms with Crippen LogP contribution in [0.25, 0.3) is 0 Å². The van der Waals surface area contributed by atoms with Gasteiger partial charge in [-0.15, -0.1) is 0 Å². The lowest BCUT2D eigenvalue weighted by Gasteiger charge is -2.07. The first-order valence-electron chi connectivity index (χ1n) is 8.76. The molecule has 1 aromatic heterocycles. The van der Waals surface area contributed by atoms with E-state index in [2.05, 4.69) is 27.8 Å². The van der Waals surface area contributed by atoms with Crippen molar-refractivity contribution in [3.05, 3.63) is 65.5 Å². The Bertz CT molecular complexity index is 704. The molecule has 0 aliphatic carbocycles. The number of ether oxygens (including phenoxy) is 1. The average molecular weight is 355 g/mol. The predicted molar refractivity (Wildman–Crippen MR) is 100 cm³/mol. The van der Waals surface area contributed by atoms with Gasteiger partial charge in [-0.25, -0.2) is 0 Å². The first-order chi connectivity index (χ1) is 12.7. The van der Waals surface area contributed by atoms with Crippen LogP contribution in [0.15, 0.2) is 48.7 Å². The summed E-state index contributed by atoms with van der Waals surface area (Å²) in [6, 6.07) is 13.3. The van der Waals surface area contributed by atoms with Crippen LogP contribution in [0.4, 0.5) is 0 Å². The lowest BCUT2D eigenvalue weighted by atomic mass is 10.1. The monoisotopic (exact) mass is 355 g/mol. The number of rotatable bonds is 10. The standard InChI is InChI=1S/C20H25N3O3/c1-26-14-6-12-23-20(25)18-15-17(10-13-21-18)19(24)22-11-5-9-16-7-3-2-4-8-16/h2-4,7-8,10,13,15H,5-6,9,11-12,14H2,1H3,(H,22,24)(H,23,25). The molecule has 0 saturated carbocycles. The fourth-order valence-corrected chi connectivity index (χ4v) is 2.45. The fourth-order valence-electron chi connectivity index (χ4n) is 2.45. The molecule has 0 aliphatic heterocycles. The molecule has 1 aromatic carbocycles. The molecule has 0 aliphatic rings. The van der Waals surface area contributed by atoms with E-state index in [1.54, 1.807) is 13.2 Å². The maximum absolute atomic E-state index is 12.2. The van der Waals surface area contributed by atoms with Gasteiger partial charge >= 0.3 is 0 Å². The Morgan fingerprint density at radius 2 is 1.73 bits per heavy atom. The minimum Gasteiger partial charge on any atom is -0.385 e. The summed E-state index contributed by atoms with van der Waals surface area (Å²) in [5.74, 6) is -0.492. The first-order valence-corrected chi connectivity index (χ1v) is 8.76. The third kappa shape index (κ3) is 6.64. The van der Waals surface area contributed by atoms with Gasteiger partial charge in [0, 0.05) is 38.6 Å². The minimum absolute atomic E-state index is 0.200. The summed E-state index contributed by atoms with van der Waals surface area (Å²) >= 11 is 0. The summed E-state index contributed by atoms with van der Waals surface area (Å²) in [6.45, 7) is 1.66. The highest BCUT2D eigenvalue weighted by Gasteiger charge is 2.11. The van der Waals surface area contributed by atoms with Crippen LogP contribution in [0.5, 0.6) is 0 Å². The Hall–Kier alpha value is -2.73. The number of hydrogen-bond acceptors (Lipinski definition) is 4. The highest BCUT2D eigenvalue weighted by molar-refractivity contribution is 5.98. The lowest BCUT2D eigenvalue weighted by Crippen LogP contribution is -2.28. The molecule has 0 spiro atoms. The molecular weight excluding hydrogens is 330 g/mol. The molecule has 2 aromatic rings. The van der Waals surface area contributed by atoms with Crippen LogP contribution < -0.4 is 10.6 Å². The van der Waals surface area contributed by atoms with Crippen LogP contribution in [0, 0.1) is 0 Å². The van der Waals surface area contributed by atoms with E-state index in [0.29, 0.717) is 25.3 Å². The Kier molecular flexibility index (Phi) is 8.29. The number of benzene rings is 1. The Balaban J connectivity index is 1.78. The van der Waals surface area contributed by atoms with Crippen molar-refractivity contribution in [3.8, 4) is 0 Å². The van der Waals surface area contributed by atoms with Gasteiger partial charge in [0.15, 0.2) is 0 Å². The number of nitrogens with one attached hydrogen (secondary N) is 2. The average Bonchev–Trinajstić information content (AvgIpc) is 2.69. The van der Waals surface area contributed by atoms with Gasteiger partial charge in [0.25, 0.3) is 11.8 Å². The first kappa shape index (κ1) is 19.6. The zero-order valence-electron chi connectivity index (χ0n) is 15.0. The third-order valence-corrected chi connectivity index (χ3v) is 3.84. The van der Waals surface area contributed by atoms with Gasteiger partial charge in [-0.05, 0) is 37.0 Å². The summed E-state index contributed by atoms with van der Waals surface area (Å²) in [4.78, 5) is 28.3. The van der Waals surface area contributed by atoms with Crippen LogP contribution >= 0.6 is 0 Å². The molecule has 2 N–H and O–H groups in total. The van der Waals surface area contributed by atoms with E-state index < -0.39 is 0 Å². The number of hydrogen-bond donors (Lipinski definition) is 2. The molecule has 1 heterocycles. The predicted octanol–water partition coefficient (Wildman–Crippen LogP) is 2.21. The van der Waals surface area contributed by atoms with Crippen molar-refractivity contribution in [2.45, 2.75) is 19.3 Å². The number of aryl methyl sites for hydroxylation is 1. The minimum atomic E-state index is -0.292. The van der Waals surface area contributed by atoms with Crippen LogP contribution in [-0.2, 0) is 11.2 Å². The summed E-state index contributed by atoms with van der Waals surface area (Å²) in [5.41, 5.74) is 1.92. The van der Waals surface area contributed by atoms with E-state index in [-0.39, 0.29) is 17.5 Å². The number of pyridine rings is 1. The molecule has 0 saturated heterocycles. The summed E-state index contributed by atoms with van der Waals surface area (Å²) < 4.78 is 4.94. The van der Waals surface area contributed by atoms with Crippen molar-refractivity contribution >= 4 is 11.8 Å². The van der Waals surface area contributed by atoms with Gasteiger partial charge in [-0.3, -0.25) is 14.6 Å². The maximum Gasteiger partial charge on any atom is 0.269 e. The fraction of sp³-hybridized carbons (Fsp3) is 0.350. The Labute approximate surface area is 154 Å². The molecule has 0 atom stereocenters. The zero-order chi connectivity index (χ0) is 18.6. The van der Waals surface area contributed by atoms with Gasteiger partial charge in [-0.1, -0.05) is 30.3 Å². The van der Waals surface area contributed by atoms with Crippen molar-refractivity contribution in [2.75, 3.05) is 26.8 Å². The molecule has 138 valence electrons. The second-order valence-electron chi connectivity index (χ2n) is 5.88. The topological polar surface area (TPSA) is 80.3 Å². The number of aromatic nitrogens is 1. The zero-order valence-corrected chi connectivity index (χ0v) is 15.0. The van der Waals surface area contributed by atoms with E-state index >= 15 is 0 Å². The van der Waals surface area contributed by atoms with Crippen LogP contribution in [0.2, 0.25) is 0 Å². The molecule has 0 radical (unpaired) electrons. The number of nitrogens with zero attached hydrogens (tertiary/aromatic N) is 1. The number of carbonyl (C=O) groups excluding carboxylic acids is 2. The van der Waals surface area contributed by atoms with Crippen molar-refractivity contribution in [1.82, 2.24) is 15.6 Å². The Morgan fingerprint density at radius 1 is 1.00 bits per heavy atom. The molecule has 0 unspecified atom stereocenters. The van der Waals surface area contributed by atoms with Crippen LogP contribution in [0.3, 0.4) is 0 Å². The molecule has 6 nitrogen and oxygen atoms in total. The van der Waals surface area contributed by atoms with Crippen molar-refractivity contribution in [1.29, 1.82) is 0 Å². The molecule has 26 heavy (non-hydrogen) atoms. The highest BCUT2D eigenvalue weighted by Crippen LogP contribution is 2.04. The molecular formula is C20H25N3O3. The van der Waals surface area contributed by atoms with E-state index in [1.165, 1.54) is 17.8 Å². The molecule has 2 amide bonds. The second kappa shape index (κ2) is 11.0. The van der Waals surface area contributed by atoms with Gasteiger partial charge in [-0.2, -0.15) is 0 Å². The molecule has 0 bridgehead atoms. The smallest absolute Gasteiger partial charge is 0.269 e. The van der Waals surface area contributed by atoms with E-state index in [4.69, 9.17) is 4.74 Å². The van der Waals surface area contributed by atoms with Crippen molar-refractivity contribution in [3.63, 3.8) is 0 Å². The van der Waals surface area contributed by atoms with E-state index in [0.717, 1.165) is 19.3 Å². The molecule has 0 fully saturated rings. The van der Waals surface area contributed by atoms with Gasteiger partial charge in [0.2, 0.25) is 0 Å². The van der Waals surface area contributed by atoms with Crippen molar-refractivity contribution in [2.24, 2.45) is 0 Å². The molecule has 6 heteroatoms. The van der Waals surface area contributed by atoms with Gasteiger partial charge < -0.3 is 15.4 Å². The van der Waals surface area contributed by atoms with Crippen LogP contribution in [-0.4, -0.2) is 43.6 Å². The van der Waals surface area contributed by atoms with E-state index in [9.17, 15) is 9.59 Å². The number of amides is 2. The number of carbonyl (C=O) groups is 2. The molecule has 2 rings (SSSR count). The largest absolute Gasteiger partial charge is 0.385 e. The SMILES string of the molecule is COCCCNC(=O)c1cc(C(=O)NCCCc2ccccc2)ccn1. The van der Waals surface area contributed by atoms with Gasteiger partial charge in [0.1, 0.15) is 5.69 Å². The highest BCUT2D eigenvalue weighted by atomic mass is 16.5. The second-order valence-corrected chi connectivity index (χ2v) is 5.88. The lowest BCUT2D eigenvalue weighted by molar-refractivity contribution is 0.0943. The Morgan fingerprint density at radius 3 is 2.50 bits per heavy atom. The summed E-state index contributed by atoms with van der Waals surface area (Å²) in [6.07, 6.45) is 3.97. The van der Waals surface area contributed by atoms with Gasteiger partial charge in [0.05, 0.1) is 0 Å². The summed E-state index contributed by atoms with van der Waals surface area (Å²) in [7, 11) is 1.62. The third-order valence-electron chi connectivity index (χ3n) is 3.84. The summed E-state index contributed by atoms with van der Waals surface area (Å²) in [5, 5.41) is 5.64.